The minimum absolute atomic E-state index is 0.315. The Kier molecular flexibility index (Phi) is 5.39. The summed E-state index contributed by atoms with van der Waals surface area (Å²) in [5.41, 5.74) is 5.72. The summed E-state index contributed by atoms with van der Waals surface area (Å²) < 4.78 is 0. The first-order valence-corrected chi connectivity index (χ1v) is 9.48. The van der Waals surface area contributed by atoms with Crippen LogP contribution in [0.15, 0.2) is 42.5 Å². The molecular formula is C21H24N2OS. The van der Waals surface area contributed by atoms with Crippen LogP contribution >= 0.6 is 11.3 Å². The van der Waals surface area contributed by atoms with Crippen LogP contribution in [0.1, 0.15) is 34.9 Å². The third kappa shape index (κ3) is 4.02. The summed E-state index contributed by atoms with van der Waals surface area (Å²) in [4.78, 5) is 6.15. The van der Waals surface area contributed by atoms with E-state index in [0.717, 1.165) is 29.2 Å². The number of phenols is 1. The minimum atomic E-state index is 0.315. The molecule has 1 heterocycles. The van der Waals surface area contributed by atoms with Gasteiger partial charge in [-0.2, -0.15) is 0 Å². The number of anilines is 1. The van der Waals surface area contributed by atoms with Crippen molar-refractivity contribution in [2.45, 2.75) is 40.2 Å². The molecule has 0 radical (unpaired) electrons. The number of nitrogens with zero attached hydrogens (tertiary/aromatic N) is 1. The quantitative estimate of drug-likeness (QED) is 0.598. The van der Waals surface area contributed by atoms with E-state index in [9.17, 15) is 5.11 Å². The van der Waals surface area contributed by atoms with Crippen molar-refractivity contribution in [1.29, 1.82) is 0 Å². The average molecular weight is 353 g/mol. The molecule has 0 unspecified atom stereocenters. The Balaban J connectivity index is 1.86. The molecule has 3 nitrogen and oxygen atoms in total. The number of aromatic hydroxyl groups is 1. The lowest BCUT2D eigenvalue weighted by Gasteiger charge is -2.05. The first kappa shape index (κ1) is 17.5. The van der Waals surface area contributed by atoms with E-state index in [4.69, 9.17) is 4.98 Å². The Hall–Kier alpha value is -2.33. The molecule has 2 N–H and O–H groups in total. The van der Waals surface area contributed by atoms with Crippen molar-refractivity contribution in [3.8, 4) is 17.0 Å². The predicted molar refractivity (Wildman–Crippen MR) is 106 cm³/mol. The van der Waals surface area contributed by atoms with Crippen molar-refractivity contribution in [3.05, 3.63) is 64.0 Å². The molecule has 2 aromatic carbocycles. The van der Waals surface area contributed by atoms with Crippen LogP contribution in [0.4, 0.5) is 5.13 Å². The highest BCUT2D eigenvalue weighted by atomic mass is 32.1. The van der Waals surface area contributed by atoms with E-state index in [1.165, 1.54) is 21.6 Å². The molecule has 0 fully saturated rings. The molecule has 4 heteroatoms. The van der Waals surface area contributed by atoms with E-state index in [2.05, 4.69) is 44.3 Å². The molecule has 0 saturated heterocycles. The van der Waals surface area contributed by atoms with Gasteiger partial charge in [-0.3, -0.25) is 0 Å². The van der Waals surface area contributed by atoms with Gasteiger partial charge in [0.25, 0.3) is 0 Å². The number of hydrogen-bond acceptors (Lipinski definition) is 4. The van der Waals surface area contributed by atoms with Crippen molar-refractivity contribution in [1.82, 2.24) is 4.98 Å². The maximum atomic E-state index is 9.91. The normalized spacial score (nSPS) is 10.8. The summed E-state index contributed by atoms with van der Waals surface area (Å²) in [6.45, 7) is 7.03. The Morgan fingerprint density at radius 2 is 1.88 bits per heavy atom. The fraction of sp³-hybridized carbons (Fsp3) is 0.286. The minimum Gasteiger partial charge on any atom is -0.508 e. The van der Waals surface area contributed by atoms with Crippen LogP contribution in [0, 0.1) is 13.8 Å². The van der Waals surface area contributed by atoms with Gasteiger partial charge in [-0.15, -0.1) is 11.3 Å². The fourth-order valence-electron chi connectivity index (χ4n) is 2.77. The van der Waals surface area contributed by atoms with E-state index >= 15 is 0 Å². The van der Waals surface area contributed by atoms with E-state index in [0.29, 0.717) is 12.3 Å². The predicted octanol–water partition coefficient (Wildman–Crippen LogP) is 5.70. The smallest absolute Gasteiger partial charge is 0.183 e. The van der Waals surface area contributed by atoms with Crippen LogP contribution in [-0.2, 0) is 13.0 Å². The summed E-state index contributed by atoms with van der Waals surface area (Å²) >= 11 is 1.71. The summed E-state index contributed by atoms with van der Waals surface area (Å²) in [6, 6.07) is 13.9. The Morgan fingerprint density at radius 1 is 1.08 bits per heavy atom. The lowest BCUT2D eigenvalue weighted by atomic mass is 10.0. The second-order valence-corrected chi connectivity index (χ2v) is 7.41. The summed E-state index contributed by atoms with van der Waals surface area (Å²) in [5, 5.41) is 14.2. The number of aryl methyl sites for hydroxylation is 3. The second-order valence-electron chi connectivity index (χ2n) is 6.32. The van der Waals surface area contributed by atoms with Crippen LogP contribution in [0.25, 0.3) is 11.3 Å². The van der Waals surface area contributed by atoms with Crippen LogP contribution < -0.4 is 5.32 Å². The largest absolute Gasteiger partial charge is 0.508 e. The number of thiazole rings is 1. The van der Waals surface area contributed by atoms with Gasteiger partial charge in [0.05, 0.1) is 5.69 Å². The van der Waals surface area contributed by atoms with E-state index < -0.39 is 0 Å². The fourth-order valence-corrected chi connectivity index (χ4v) is 3.85. The molecular weight excluding hydrogens is 328 g/mol. The summed E-state index contributed by atoms with van der Waals surface area (Å²) in [5.74, 6) is 0.315. The van der Waals surface area contributed by atoms with Crippen molar-refractivity contribution in [2.24, 2.45) is 0 Å². The first-order chi connectivity index (χ1) is 12.1. The second kappa shape index (κ2) is 7.70. The topological polar surface area (TPSA) is 45.1 Å². The maximum Gasteiger partial charge on any atom is 0.183 e. The number of benzene rings is 2. The molecule has 0 spiro atoms. The molecule has 0 saturated carbocycles. The molecule has 3 rings (SSSR count). The average Bonchev–Trinajstić information content (AvgIpc) is 3.00. The first-order valence-electron chi connectivity index (χ1n) is 8.66. The van der Waals surface area contributed by atoms with Crippen molar-refractivity contribution < 1.29 is 5.11 Å². The third-order valence-corrected chi connectivity index (χ3v) is 5.45. The molecule has 25 heavy (non-hydrogen) atoms. The number of rotatable bonds is 6. The monoisotopic (exact) mass is 352 g/mol. The zero-order valence-corrected chi connectivity index (χ0v) is 15.8. The molecule has 0 aliphatic rings. The summed E-state index contributed by atoms with van der Waals surface area (Å²) in [7, 11) is 0. The number of aromatic nitrogens is 1. The van der Waals surface area contributed by atoms with Crippen LogP contribution in [-0.4, -0.2) is 10.1 Å². The Morgan fingerprint density at radius 3 is 2.60 bits per heavy atom. The Bertz CT molecular complexity index is 870. The molecule has 0 atom stereocenters. The standard InChI is InChI=1S/C21H24N2OS/c1-4-7-19-20(16-11-10-14(2)15(3)12-16)23-21(25-19)22-13-17-8-5-6-9-18(17)24/h5-6,8-12,24H,4,7,13H2,1-3H3,(H,22,23). The lowest BCUT2D eigenvalue weighted by molar-refractivity contribution is 0.469. The number of para-hydroxylation sites is 1. The number of hydrogen-bond donors (Lipinski definition) is 2. The van der Waals surface area contributed by atoms with Gasteiger partial charge >= 0.3 is 0 Å². The van der Waals surface area contributed by atoms with Crippen LogP contribution in [0.2, 0.25) is 0 Å². The van der Waals surface area contributed by atoms with Crippen molar-refractivity contribution in [3.63, 3.8) is 0 Å². The Labute approximate surface area is 153 Å². The van der Waals surface area contributed by atoms with Crippen LogP contribution in [0.3, 0.4) is 0 Å². The van der Waals surface area contributed by atoms with Crippen LogP contribution in [0.5, 0.6) is 5.75 Å². The van der Waals surface area contributed by atoms with Gasteiger partial charge < -0.3 is 10.4 Å². The van der Waals surface area contributed by atoms with Gasteiger partial charge in [0.15, 0.2) is 5.13 Å². The molecule has 0 bridgehead atoms. The zero-order valence-electron chi connectivity index (χ0n) is 15.0. The van der Waals surface area contributed by atoms with Crippen molar-refractivity contribution in [2.75, 3.05) is 5.32 Å². The molecule has 0 amide bonds. The van der Waals surface area contributed by atoms with Gasteiger partial charge in [-0.05, 0) is 43.5 Å². The van der Waals surface area contributed by atoms with E-state index in [1.54, 1.807) is 17.4 Å². The lowest BCUT2D eigenvalue weighted by Crippen LogP contribution is -1.99. The third-order valence-electron chi connectivity index (χ3n) is 4.38. The van der Waals surface area contributed by atoms with E-state index in [1.807, 2.05) is 18.2 Å². The maximum absolute atomic E-state index is 9.91. The molecule has 3 aromatic rings. The zero-order chi connectivity index (χ0) is 17.8. The number of nitrogens with one attached hydrogen (secondary N) is 1. The number of phenolic OH excluding ortho intramolecular Hbond substituents is 1. The van der Waals surface area contributed by atoms with E-state index in [-0.39, 0.29) is 0 Å². The van der Waals surface area contributed by atoms with Gasteiger partial charge in [0.1, 0.15) is 5.75 Å². The highest BCUT2D eigenvalue weighted by Gasteiger charge is 2.13. The van der Waals surface area contributed by atoms with Gasteiger partial charge in [-0.25, -0.2) is 4.98 Å². The van der Waals surface area contributed by atoms with Gasteiger partial charge in [0.2, 0.25) is 0 Å². The van der Waals surface area contributed by atoms with Gasteiger partial charge in [0, 0.05) is 22.5 Å². The molecule has 1 aromatic heterocycles. The molecule has 0 aliphatic carbocycles. The van der Waals surface area contributed by atoms with Crippen molar-refractivity contribution >= 4 is 16.5 Å². The molecule has 130 valence electrons. The summed E-state index contributed by atoms with van der Waals surface area (Å²) in [6.07, 6.45) is 2.12. The molecule has 0 aliphatic heterocycles. The highest BCUT2D eigenvalue weighted by molar-refractivity contribution is 7.16. The van der Waals surface area contributed by atoms with Gasteiger partial charge in [-0.1, -0.05) is 43.7 Å². The highest BCUT2D eigenvalue weighted by Crippen LogP contribution is 2.33. The SMILES string of the molecule is CCCc1sc(NCc2ccccc2O)nc1-c1ccc(C)c(C)c1.